The molecule has 0 amide bonds. The van der Waals surface area contributed by atoms with Gasteiger partial charge in [-0.05, 0) is 68.7 Å². The molecule has 0 radical (unpaired) electrons. The second-order valence-electron chi connectivity index (χ2n) is 17.6. The molecular weight excluding hydrogens is 815 g/mol. The van der Waals surface area contributed by atoms with E-state index >= 15 is 0 Å². The van der Waals surface area contributed by atoms with E-state index in [4.69, 9.17) is 43.4 Å². The van der Waals surface area contributed by atoms with Crippen molar-refractivity contribution in [3.05, 3.63) is 10.4 Å². The zero-order valence-electron chi connectivity index (χ0n) is 41.9. The van der Waals surface area contributed by atoms with Crippen molar-refractivity contribution in [2.75, 3.05) is 92.4 Å². The first-order valence-electron chi connectivity index (χ1n) is 26.3. The van der Waals surface area contributed by atoms with Gasteiger partial charge in [0, 0.05) is 37.5 Å². The van der Waals surface area contributed by atoms with Gasteiger partial charge >= 0.3 is 11.9 Å². The maximum atomic E-state index is 12.4. The van der Waals surface area contributed by atoms with Crippen LogP contribution in [0, 0.1) is 11.8 Å². The molecule has 13 heteroatoms. The molecule has 0 saturated heterocycles. The molecule has 3 unspecified atom stereocenters. The second kappa shape index (κ2) is 52.0. The summed E-state index contributed by atoms with van der Waals surface area (Å²) in [6.45, 7) is 15.8. The third-order valence-electron chi connectivity index (χ3n) is 11.5. The molecule has 0 aromatic rings. The van der Waals surface area contributed by atoms with Gasteiger partial charge in [-0.25, -0.2) is 0 Å². The van der Waals surface area contributed by atoms with Crippen molar-refractivity contribution >= 4 is 11.9 Å². The highest BCUT2D eigenvalue weighted by atomic mass is 16.6. The molecule has 378 valence electrons. The minimum Gasteiger partial charge on any atom is -0.465 e. The van der Waals surface area contributed by atoms with Gasteiger partial charge in [-0.15, -0.1) is 0 Å². The number of ether oxygens (including phenoxy) is 8. The van der Waals surface area contributed by atoms with E-state index < -0.39 is 0 Å². The van der Waals surface area contributed by atoms with Crippen LogP contribution in [0.5, 0.6) is 0 Å². The molecule has 0 aliphatic rings. The summed E-state index contributed by atoms with van der Waals surface area (Å²) < 4.78 is 46.0. The van der Waals surface area contributed by atoms with Crippen LogP contribution < -0.4 is 0 Å². The molecule has 0 bridgehead atoms. The molecule has 0 N–H and O–H groups in total. The number of carbonyl (C=O) groups excluding carboxylic acids is 2. The lowest BCUT2D eigenvalue weighted by Crippen LogP contribution is -2.27. The summed E-state index contributed by atoms with van der Waals surface area (Å²) >= 11 is 0. The first kappa shape index (κ1) is 62.0. The van der Waals surface area contributed by atoms with Crippen molar-refractivity contribution in [2.45, 2.75) is 214 Å². The molecule has 0 rings (SSSR count). The summed E-state index contributed by atoms with van der Waals surface area (Å²) in [5.74, 6) is 0.917. The second-order valence-corrected chi connectivity index (χ2v) is 17.6. The van der Waals surface area contributed by atoms with Crippen LogP contribution in [0.15, 0.2) is 5.11 Å². The zero-order valence-corrected chi connectivity index (χ0v) is 41.9. The summed E-state index contributed by atoms with van der Waals surface area (Å²) in [7, 11) is 0. The van der Waals surface area contributed by atoms with Crippen molar-refractivity contribution < 1.29 is 47.5 Å². The van der Waals surface area contributed by atoms with Gasteiger partial charge in [0.2, 0.25) is 0 Å². The van der Waals surface area contributed by atoms with Crippen molar-refractivity contribution in [1.29, 1.82) is 0 Å². The molecule has 0 fully saturated rings. The van der Waals surface area contributed by atoms with Crippen molar-refractivity contribution in [3.63, 3.8) is 0 Å². The zero-order chi connectivity index (χ0) is 46.7. The smallest absolute Gasteiger partial charge is 0.305 e. The van der Waals surface area contributed by atoms with Crippen molar-refractivity contribution in [2.24, 2.45) is 17.0 Å². The first-order chi connectivity index (χ1) is 31.5. The Labute approximate surface area is 391 Å². The summed E-state index contributed by atoms with van der Waals surface area (Å²) in [6, 6.07) is 0. The minimum absolute atomic E-state index is 0.0442. The van der Waals surface area contributed by atoms with E-state index in [0.717, 1.165) is 77.0 Å². The maximum Gasteiger partial charge on any atom is 0.305 e. The van der Waals surface area contributed by atoms with E-state index in [1.807, 2.05) is 0 Å². The van der Waals surface area contributed by atoms with Gasteiger partial charge in [-0.3, -0.25) is 9.59 Å². The molecule has 0 aromatic carbocycles. The average Bonchev–Trinajstić information content (AvgIpc) is 3.30. The fourth-order valence-electron chi connectivity index (χ4n) is 7.43. The number of carbonyl (C=O) groups is 2. The Balaban J connectivity index is 4.38. The Kier molecular flexibility index (Phi) is 50.4. The Morgan fingerprint density at radius 1 is 0.422 bits per heavy atom. The van der Waals surface area contributed by atoms with Crippen LogP contribution in [-0.4, -0.2) is 110 Å². The SMILES string of the molecule is CCCCCCC(CCCC)COC(=O)CCCCCCCOCC(COCCOCCOCCOCCN=[N+]=[N-])OCCCCCCCC(=O)OCC(CCCC)CCCCCC. The molecule has 0 aliphatic heterocycles. The van der Waals surface area contributed by atoms with Gasteiger partial charge in [0.05, 0.1) is 72.7 Å². The van der Waals surface area contributed by atoms with Crippen LogP contribution in [-0.2, 0) is 47.5 Å². The summed E-state index contributed by atoms with van der Waals surface area (Å²) in [4.78, 5) is 27.6. The Morgan fingerprint density at radius 3 is 1.30 bits per heavy atom. The molecule has 0 saturated carbocycles. The van der Waals surface area contributed by atoms with Gasteiger partial charge in [-0.2, -0.15) is 0 Å². The molecule has 0 aromatic heterocycles. The van der Waals surface area contributed by atoms with Crippen LogP contribution in [0.2, 0.25) is 0 Å². The summed E-state index contributed by atoms with van der Waals surface area (Å²) in [5.41, 5.74) is 8.28. The number of nitrogens with zero attached hydrogens (tertiary/aromatic N) is 3. The molecule has 0 heterocycles. The lowest BCUT2D eigenvalue weighted by molar-refractivity contribution is -0.146. The lowest BCUT2D eigenvalue weighted by Gasteiger charge is -2.18. The highest BCUT2D eigenvalue weighted by Crippen LogP contribution is 2.20. The number of hydrogen-bond donors (Lipinski definition) is 0. The molecule has 13 nitrogen and oxygen atoms in total. The Hall–Kier alpha value is -1.99. The van der Waals surface area contributed by atoms with Crippen LogP contribution in [0.3, 0.4) is 0 Å². The number of unbranched alkanes of at least 4 members (excludes halogenated alkanes) is 16. The highest BCUT2D eigenvalue weighted by Gasteiger charge is 2.14. The summed E-state index contributed by atoms with van der Waals surface area (Å²) in [6.07, 6.45) is 30.4. The maximum absolute atomic E-state index is 12.4. The largest absolute Gasteiger partial charge is 0.465 e. The third kappa shape index (κ3) is 46.5. The van der Waals surface area contributed by atoms with Gasteiger partial charge in [0.1, 0.15) is 6.10 Å². The normalized spacial score (nSPS) is 12.8. The van der Waals surface area contributed by atoms with Gasteiger partial charge in [0.15, 0.2) is 0 Å². The Morgan fingerprint density at radius 2 is 0.812 bits per heavy atom. The number of esters is 2. The van der Waals surface area contributed by atoms with Crippen LogP contribution in [0.4, 0.5) is 0 Å². The number of hydrogen-bond acceptors (Lipinski definition) is 11. The monoisotopic (exact) mass is 914 g/mol. The third-order valence-corrected chi connectivity index (χ3v) is 11.5. The van der Waals surface area contributed by atoms with E-state index in [-0.39, 0.29) is 18.0 Å². The lowest BCUT2D eigenvalue weighted by atomic mass is 9.96. The van der Waals surface area contributed by atoms with E-state index in [1.54, 1.807) is 0 Å². The standard InChI is InChI=1S/C51H99N3O10/c1-5-9-13-21-29-47(27-11-7-3)43-63-50(55)31-23-17-15-19-25-34-60-45-49(46-61-42-41-59-40-39-58-38-37-57-36-33-53-54-52)62-35-26-20-16-18-24-32-51(56)64-44-48(28-12-8-4)30-22-14-10-6-2/h47-49H,5-46H2,1-4H3. The minimum atomic E-state index is -0.159. The van der Waals surface area contributed by atoms with Crippen molar-refractivity contribution in [1.82, 2.24) is 0 Å². The van der Waals surface area contributed by atoms with Crippen LogP contribution in [0.1, 0.15) is 207 Å². The van der Waals surface area contributed by atoms with Crippen LogP contribution in [0.25, 0.3) is 10.4 Å². The molecule has 64 heavy (non-hydrogen) atoms. The number of azide groups is 1. The van der Waals surface area contributed by atoms with E-state index in [2.05, 4.69) is 37.7 Å². The fourth-order valence-corrected chi connectivity index (χ4v) is 7.43. The quantitative estimate of drug-likeness (QED) is 0.0189. The topological polar surface area (TPSA) is 157 Å². The summed E-state index contributed by atoms with van der Waals surface area (Å²) in [5, 5.41) is 3.42. The average molecular weight is 914 g/mol. The van der Waals surface area contributed by atoms with Gasteiger partial charge < -0.3 is 37.9 Å². The first-order valence-corrected chi connectivity index (χ1v) is 26.3. The number of rotatable bonds is 53. The molecule has 0 spiro atoms. The van der Waals surface area contributed by atoms with E-state index in [9.17, 15) is 9.59 Å². The van der Waals surface area contributed by atoms with E-state index in [1.165, 1.54) is 89.9 Å². The Bertz CT molecular complexity index is 1030. The predicted molar refractivity (Wildman–Crippen MR) is 259 cm³/mol. The highest BCUT2D eigenvalue weighted by molar-refractivity contribution is 5.69. The van der Waals surface area contributed by atoms with Crippen molar-refractivity contribution in [3.8, 4) is 0 Å². The van der Waals surface area contributed by atoms with Gasteiger partial charge in [-0.1, -0.05) is 148 Å². The van der Waals surface area contributed by atoms with Crippen LogP contribution >= 0.6 is 0 Å². The molecular formula is C51H99N3O10. The predicted octanol–water partition coefficient (Wildman–Crippen LogP) is 13.1. The molecule has 0 aliphatic carbocycles. The van der Waals surface area contributed by atoms with E-state index in [0.29, 0.717) is 117 Å². The fraction of sp³-hybridized carbons (Fsp3) is 0.961. The molecule has 3 atom stereocenters. The van der Waals surface area contributed by atoms with Gasteiger partial charge in [0.25, 0.3) is 0 Å².